The van der Waals surface area contributed by atoms with Crippen molar-refractivity contribution in [1.29, 1.82) is 0 Å². The number of carbonyl (C=O) groups is 4. The molecule has 3 rings (SSSR count). The third-order valence-corrected chi connectivity index (χ3v) is 5.77. The molecule has 1 aliphatic rings. The normalized spacial score (nSPS) is 17.2. The van der Waals surface area contributed by atoms with E-state index in [0.29, 0.717) is 24.3 Å². The average molecular weight is 501 g/mol. The first kappa shape index (κ1) is 26.6. The Bertz CT molecular complexity index is 1110. The van der Waals surface area contributed by atoms with E-state index in [1.54, 1.807) is 6.92 Å². The van der Waals surface area contributed by atoms with Crippen LogP contribution in [0.4, 0.5) is 4.39 Å². The number of rotatable bonds is 10. The van der Waals surface area contributed by atoms with Gasteiger partial charge in [-0.15, -0.1) is 0 Å². The predicted octanol–water partition coefficient (Wildman–Crippen LogP) is 1.59. The summed E-state index contributed by atoms with van der Waals surface area (Å²) in [7, 11) is 1.23. The van der Waals surface area contributed by atoms with E-state index in [1.165, 1.54) is 49.6 Å². The maximum Gasteiger partial charge on any atom is 0.330 e. The lowest BCUT2D eigenvalue weighted by Crippen LogP contribution is -2.51. The second kappa shape index (κ2) is 12.6. The van der Waals surface area contributed by atoms with Crippen LogP contribution in [0.5, 0.6) is 0 Å². The average Bonchev–Trinajstić information content (AvgIpc) is 3.30. The van der Waals surface area contributed by atoms with E-state index in [1.807, 2.05) is 0 Å². The second-order valence-electron chi connectivity index (χ2n) is 8.54. The van der Waals surface area contributed by atoms with E-state index in [0.717, 1.165) is 6.42 Å². The molecular weight excluding hydrogens is 471 g/mol. The van der Waals surface area contributed by atoms with Crippen LogP contribution >= 0.6 is 0 Å². The van der Waals surface area contributed by atoms with Crippen molar-refractivity contribution in [2.45, 2.75) is 44.7 Å². The molecule has 2 heterocycles. The number of amides is 3. The lowest BCUT2D eigenvalue weighted by Gasteiger charge is -2.27. The molecule has 0 radical (unpaired) electrons. The molecule has 3 amide bonds. The molecule has 0 spiro atoms. The van der Waals surface area contributed by atoms with Gasteiger partial charge in [-0.1, -0.05) is 23.4 Å². The van der Waals surface area contributed by atoms with Crippen molar-refractivity contribution in [3.63, 3.8) is 0 Å². The smallest absolute Gasteiger partial charge is 0.330 e. The number of methoxy groups -OCH3 is 1. The summed E-state index contributed by atoms with van der Waals surface area (Å²) in [6.07, 6.45) is 4.40. The number of ether oxygens (including phenoxy) is 1. The van der Waals surface area contributed by atoms with Crippen molar-refractivity contribution in [2.75, 3.05) is 13.7 Å². The summed E-state index contributed by atoms with van der Waals surface area (Å²) in [6.45, 7) is 2.23. The van der Waals surface area contributed by atoms with Crippen LogP contribution in [0.2, 0.25) is 0 Å². The van der Waals surface area contributed by atoms with Crippen LogP contribution < -0.4 is 16.0 Å². The number of nitrogens with one attached hydrogen (secondary N) is 3. The fourth-order valence-corrected chi connectivity index (χ4v) is 3.87. The Hall–Kier alpha value is -4.02. The summed E-state index contributed by atoms with van der Waals surface area (Å²) in [6, 6.07) is 5.24. The van der Waals surface area contributed by atoms with Gasteiger partial charge in [-0.2, -0.15) is 0 Å². The maximum atomic E-state index is 13.4. The molecule has 1 saturated heterocycles. The van der Waals surface area contributed by atoms with Gasteiger partial charge in [0.25, 0.3) is 5.91 Å². The van der Waals surface area contributed by atoms with Gasteiger partial charge in [0.1, 0.15) is 17.6 Å². The summed E-state index contributed by atoms with van der Waals surface area (Å²) >= 11 is 0. The molecule has 1 aliphatic heterocycles. The largest absolute Gasteiger partial charge is 0.466 e. The number of carbonyl (C=O) groups excluding carboxylic acids is 4. The van der Waals surface area contributed by atoms with Gasteiger partial charge in [-0.25, -0.2) is 9.18 Å². The highest BCUT2D eigenvalue weighted by molar-refractivity contribution is 5.96. The quantitative estimate of drug-likeness (QED) is 0.333. The van der Waals surface area contributed by atoms with Gasteiger partial charge in [-0.05, 0) is 43.9 Å². The Morgan fingerprint density at radius 1 is 1.28 bits per heavy atom. The number of benzene rings is 1. The zero-order chi connectivity index (χ0) is 26.1. The Morgan fingerprint density at radius 2 is 2.03 bits per heavy atom. The van der Waals surface area contributed by atoms with E-state index in [-0.39, 0.29) is 30.4 Å². The van der Waals surface area contributed by atoms with Crippen molar-refractivity contribution in [2.24, 2.45) is 5.92 Å². The fourth-order valence-electron chi connectivity index (χ4n) is 3.87. The standard InChI is InChI=1S/C25H29FN4O6/c1-15-12-21(30-36-15)25(34)29-20(13-16-5-7-18(26)8-6-16)24(33)28-19(9-10-22(31)35-2)14-17-4-3-11-27-23(17)32/h5-10,12,17,19-20H,3-4,11,13-14H2,1-2H3,(H,27,32)(H,28,33)(H,29,34)/b10-9+/t17-,19+,20-/m0/s1. The minimum absolute atomic E-state index is 0.00502. The number of piperidine rings is 1. The molecule has 3 atom stereocenters. The minimum atomic E-state index is -1.06. The summed E-state index contributed by atoms with van der Waals surface area (Å²) in [5, 5.41) is 11.9. The van der Waals surface area contributed by atoms with Gasteiger partial charge >= 0.3 is 5.97 Å². The molecule has 0 unspecified atom stereocenters. The molecule has 1 aromatic carbocycles. The summed E-state index contributed by atoms with van der Waals surface area (Å²) in [5.41, 5.74) is 0.618. The highest BCUT2D eigenvalue weighted by Gasteiger charge is 2.29. The van der Waals surface area contributed by atoms with Crippen LogP contribution in [-0.4, -0.2) is 54.6 Å². The first-order chi connectivity index (χ1) is 17.2. The summed E-state index contributed by atoms with van der Waals surface area (Å²) in [4.78, 5) is 50.0. The van der Waals surface area contributed by atoms with Gasteiger partial charge in [0.15, 0.2) is 5.69 Å². The van der Waals surface area contributed by atoms with Crippen LogP contribution in [0.25, 0.3) is 0 Å². The van der Waals surface area contributed by atoms with Gasteiger partial charge in [0.05, 0.1) is 7.11 Å². The molecule has 11 heteroatoms. The second-order valence-corrected chi connectivity index (χ2v) is 8.54. The predicted molar refractivity (Wildman–Crippen MR) is 126 cm³/mol. The molecule has 10 nitrogen and oxygen atoms in total. The van der Waals surface area contributed by atoms with Crippen LogP contribution in [0.15, 0.2) is 47.0 Å². The Balaban J connectivity index is 1.79. The number of aromatic nitrogens is 1. The van der Waals surface area contributed by atoms with E-state index in [4.69, 9.17) is 4.52 Å². The molecule has 2 aromatic rings. The van der Waals surface area contributed by atoms with Crippen molar-refractivity contribution in [3.8, 4) is 0 Å². The van der Waals surface area contributed by atoms with Crippen molar-refractivity contribution < 1.29 is 32.8 Å². The molecule has 192 valence electrons. The number of halogens is 1. The van der Waals surface area contributed by atoms with Crippen LogP contribution in [0, 0.1) is 18.7 Å². The van der Waals surface area contributed by atoms with E-state index in [2.05, 4.69) is 25.8 Å². The number of hydrogen-bond donors (Lipinski definition) is 3. The van der Waals surface area contributed by atoms with Gasteiger partial charge < -0.3 is 25.2 Å². The monoisotopic (exact) mass is 500 g/mol. The Morgan fingerprint density at radius 3 is 2.67 bits per heavy atom. The number of aryl methyl sites for hydroxylation is 1. The highest BCUT2D eigenvalue weighted by atomic mass is 19.1. The molecule has 0 saturated carbocycles. The van der Waals surface area contributed by atoms with Gasteiger partial charge in [-0.3, -0.25) is 14.4 Å². The Labute approximate surface area is 207 Å². The first-order valence-corrected chi connectivity index (χ1v) is 11.6. The fraction of sp³-hybridized carbons (Fsp3) is 0.400. The van der Waals surface area contributed by atoms with Crippen LogP contribution in [0.1, 0.15) is 41.1 Å². The maximum absolute atomic E-state index is 13.4. The van der Waals surface area contributed by atoms with Crippen molar-refractivity contribution in [3.05, 3.63) is 65.3 Å². The molecule has 3 N–H and O–H groups in total. The van der Waals surface area contributed by atoms with Crippen molar-refractivity contribution >= 4 is 23.7 Å². The lowest BCUT2D eigenvalue weighted by atomic mass is 9.91. The van der Waals surface area contributed by atoms with Crippen LogP contribution in [-0.2, 0) is 25.5 Å². The lowest BCUT2D eigenvalue weighted by molar-refractivity contribution is -0.135. The zero-order valence-electron chi connectivity index (χ0n) is 20.1. The van der Waals surface area contributed by atoms with E-state index < -0.39 is 35.7 Å². The third-order valence-electron chi connectivity index (χ3n) is 5.77. The van der Waals surface area contributed by atoms with Crippen LogP contribution in [0.3, 0.4) is 0 Å². The first-order valence-electron chi connectivity index (χ1n) is 11.6. The van der Waals surface area contributed by atoms with E-state index >= 15 is 0 Å². The number of nitrogens with zero attached hydrogens (tertiary/aromatic N) is 1. The molecule has 0 bridgehead atoms. The van der Waals surface area contributed by atoms with E-state index in [9.17, 15) is 23.6 Å². The molecule has 1 aromatic heterocycles. The van der Waals surface area contributed by atoms with Gasteiger partial charge in [0.2, 0.25) is 11.8 Å². The molecule has 36 heavy (non-hydrogen) atoms. The Kier molecular flexibility index (Phi) is 9.32. The number of hydrogen-bond acceptors (Lipinski definition) is 7. The molecular formula is C25H29FN4O6. The zero-order valence-corrected chi connectivity index (χ0v) is 20.1. The topological polar surface area (TPSA) is 140 Å². The molecule has 0 aliphatic carbocycles. The third kappa shape index (κ3) is 7.76. The minimum Gasteiger partial charge on any atom is -0.466 e. The highest BCUT2D eigenvalue weighted by Crippen LogP contribution is 2.18. The SMILES string of the molecule is COC(=O)/C=C/[C@H](C[C@@H]1CCCNC1=O)NC(=O)[C@H](Cc1ccc(F)cc1)NC(=O)c1cc(C)on1. The van der Waals surface area contributed by atoms with Crippen molar-refractivity contribution in [1.82, 2.24) is 21.1 Å². The molecule has 1 fully saturated rings. The summed E-state index contributed by atoms with van der Waals surface area (Å²) < 4.78 is 23.0. The number of esters is 1. The van der Waals surface area contributed by atoms with Gasteiger partial charge in [0, 0.05) is 37.1 Å². The summed E-state index contributed by atoms with van der Waals surface area (Å²) in [5.74, 6) is -2.26.